The molecule has 0 bridgehead atoms. The number of thiazole rings is 1. The number of rotatable bonds is 11. The van der Waals surface area contributed by atoms with Crippen LogP contribution in [0.15, 0.2) is 47.4 Å². The molecule has 0 radical (unpaired) electrons. The Balaban J connectivity index is 0.00000400. The molecule has 1 atom stereocenters. The second kappa shape index (κ2) is 13.5. The van der Waals surface area contributed by atoms with E-state index in [1.807, 2.05) is 12.1 Å². The zero-order valence-electron chi connectivity index (χ0n) is 21.8. The van der Waals surface area contributed by atoms with E-state index in [4.69, 9.17) is 21.3 Å². The van der Waals surface area contributed by atoms with E-state index in [0.717, 1.165) is 36.1 Å². The number of amides is 1. The van der Waals surface area contributed by atoms with Crippen molar-refractivity contribution in [2.24, 2.45) is 0 Å². The van der Waals surface area contributed by atoms with Crippen LogP contribution in [0.4, 0.5) is 5.13 Å². The highest BCUT2D eigenvalue weighted by molar-refractivity contribution is 7.89. The lowest BCUT2D eigenvalue weighted by molar-refractivity contribution is 0.0978. The molecule has 0 spiro atoms. The van der Waals surface area contributed by atoms with Gasteiger partial charge in [-0.15, -0.1) is 12.4 Å². The average molecular weight is 602 g/mol. The van der Waals surface area contributed by atoms with Gasteiger partial charge >= 0.3 is 0 Å². The standard InChI is InChI=1S/C26H33ClN4O4S2.ClH/c1-4-30(5-2)14-15-31(26-28-23-13-10-20(27)17-24(23)36-26)25(32)19-8-11-22(12-9-19)37(33,34)29(3)18-21-7-6-16-35-21;/h8-13,17,21H,4-7,14-16,18H2,1-3H3;1H. The number of likely N-dealkylation sites (N-methyl/N-ethyl adjacent to an activating group) is 2. The summed E-state index contributed by atoms with van der Waals surface area (Å²) in [7, 11) is -2.13. The first kappa shape index (κ1) is 30.7. The van der Waals surface area contributed by atoms with Crippen molar-refractivity contribution in [2.75, 3.05) is 51.3 Å². The first-order valence-corrected chi connectivity index (χ1v) is 15.1. The second-order valence-corrected chi connectivity index (χ2v) is 12.5. The molecule has 4 rings (SSSR count). The number of aromatic nitrogens is 1. The Bertz CT molecular complexity index is 1320. The van der Waals surface area contributed by atoms with Crippen molar-refractivity contribution in [1.29, 1.82) is 0 Å². The van der Waals surface area contributed by atoms with Crippen molar-refractivity contribution >= 4 is 66.6 Å². The Morgan fingerprint density at radius 1 is 1.13 bits per heavy atom. The van der Waals surface area contributed by atoms with Crippen molar-refractivity contribution < 1.29 is 17.9 Å². The summed E-state index contributed by atoms with van der Waals surface area (Å²) in [6.07, 6.45) is 1.72. The van der Waals surface area contributed by atoms with Crippen LogP contribution in [-0.4, -0.2) is 81.0 Å². The second-order valence-electron chi connectivity index (χ2n) is 9.04. The predicted molar refractivity (Wildman–Crippen MR) is 157 cm³/mol. The van der Waals surface area contributed by atoms with E-state index >= 15 is 0 Å². The minimum atomic E-state index is -3.69. The lowest BCUT2D eigenvalue weighted by atomic mass is 10.2. The molecule has 208 valence electrons. The maximum absolute atomic E-state index is 13.7. The van der Waals surface area contributed by atoms with E-state index < -0.39 is 10.0 Å². The minimum Gasteiger partial charge on any atom is -0.377 e. The Labute approximate surface area is 240 Å². The highest BCUT2D eigenvalue weighted by atomic mass is 35.5. The number of halogens is 2. The van der Waals surface area contributed by atoms with E-state index in [1.54, 1.807) is 30.1 Å². The maximum Gasteiger partial charge on any atom is 0.260 e. The van der Waals surface area contributed by atoms with Crippen molar-refractivity contribution in [1.82, 2.24) is 14.2 Å². The molecule has 1 fully saturated rings. The number of ether oxygens (including phenoxy) is 1. The van der Waals surface area contributed by atoms with Gasteiger partial charge in [-0.1, -0.05) is 36.8 Å². The van der Waals surface area contributed by atoms with Gasteiger partial charge in [0.1, 0.15) is 0 Å². The van der Waals surface area contributed by atoms with Crippen LogP contribution in [0, 0.1) is 0 Å². The van der Waals surface area contributed by atoms with E-state index in [2.05, 4.69) is 18.7 Å². The molecule has 1 aromatic heterocycles. The Morgan fingerprint density at radius 3 is 2.47 bits per heavy atom. The summed E-state index contributed by atoms with van der Waals surface area (Å²) in [5, 5.41) is 1.20. The molecule has 38 heavy (non-hydrogen) atoms. The molecule has 2 heterocycles. The monoisotopic (exact) mass is 600 g/mol. The number of nitrogens with zero attached hydrogens (tertiary/aromatic N) is 4. The van der Waals surface area contributed by atoms with Crippen molar-refractivity contribution in [3.63, 3.8) is 0 Å². The van der Waals surface area contributed by atoms with Gasteiger partial charge in [0, 0.05) is 43.9 Å². The van der Waals surface area contributed by atoms with Gasteiger partial charge in [-0.2, -0.15) is 4.31 Å². The number of carbonyl (C=O) groups excluding carboxylic acids is 1. The summed E-state index contributed by atoms with van der Waals surface area (Å²) in [5.74, 6) is -0.228. The first-order valence-electron chi connectivity index (χ1n) is 12.5. The summed E-state index contributed by atoms with van der Waals surface area (Å²) < 4.78 is 34.0. The van der Waals surface area contributed by atoms with Crippen LogP contribution >= 0.6 is 35.3 Å². The van der Waals surface area contributed by atoms with Crippen LogP contribution in [0.25, 0.3) is 10.2 Å². The third-order valence-corrected chi connectivity index (χ3v) is 9.76. The fourth-order valence-corrected chi connectivity index (χ4v) is 6.81. The maximum atomic E-state index is 13.7. The van der Waals surface area contributed by atoms with Crippen LogP contribution in [0.1, 0.15) is 37.0 Å². The number of anilines is 1. The van der Waals surface area contributed by atoms with E-state index in [-0.39, 0.29) is 29.3 Å². The molecule has 0 aliphatic carbocycles. The number of carbonyl (C=O) groups is 1. The summed E-state index contributed by atoms with van der Waals surface area (Å²) in [6.45, 7) is 8.05. The van der Waals surface area contributed by atoms with Gasteiger partial charge in [0.05, 0.1) is 21.2 Å². The van der Waals surface area contributed by atoms with Gasteiger partial charge in [0.15, 0.2) is 5.13 Å². The molecule has 1 amide bonds. The summed E-state index contributed by atoms with van der Waals surface area (Å²) in [4.78, 5) is 22.4. The fraction of sp³-hybridized carbons (Fsp3) is 0.462. The van der Waals surface area contributed by atoms with E-state index in [1.165, 1.54) is 27.8 Å². The van der Waals surface area contributed by atoms with Crippen LogP contribution in [0.3, 0.4) is 0 Å². The Hall–Kier alpha value is -1.79. The molecule has 3 aromatic rings. The number of hydrogen-bond acceptors (Lipinski definition) is 7. The van der Waals surface area contributed by atoms with Gasteiger partial charge in [-0.05, 0) is 68.4 Å². The highest BCUT2D eigenvalue weighted by Crippen LogP contribution is 2.32. The zero-order valence-corrected chi connectivity index (χ0v) is 25.0. The molecule has 2 aromatic carbocycles. The summed E-state index contributed by atoms with van der Waals surface area (Å²) in [6, 6.07) is 11.6. The zero-order chi connectivity index (χ0) is 26.6. The van der Waals surface area contributed by atoms with E-state index in [9.17, 15) is 13.2 Å². The smallest absolute Gasteiger partial charge is 0.260 e. The largest absolute Gasteiger partial charge is 0.377 e. The fourth-order valence-electron chi connectivity index (χ4n) is 4.35. The number of hydrogen-bond donors (Lipinski definition) is 0. The quantitative estimate of drug-likeness (QED) is 0.302. The summed E-state index contributed by atoms with van der Waals surface area (Å²) in [5.41, 5.74) is 1.18. The molecule has 0 N–H and O–H groups in total. The van der Waals surface area contributed by atoms with Crippen molar-refractivity contribution in [3.05, 3.63) is 53.1 Å². The normalized spacial score (nSPS) is 15.8. The molecule has 1 saturated heterocycles. The SMILES string of the molecule is CCN(CC)CCN(C(=O)c1ccc(S(=O)(=O)N(C)CC2CCCO2)cc1)c1nc2ccc(Cl)cc2s1.Cl. The molecule has 1 aliphatic heterocycles. The lowest BCUT2D eigenvalue weighted by Crippen LogP contribution is -2.39. The molecule has 12 heteroatoms. The molecule has 1 aliphatic rings. The lowest BCUT2D eigenvalue weighted by Gasteiger charge is -2.25. The number of benzene rings is 2. The predicted octanol–water partition coefficient (Wildman–Crippen LogP) is 5.16. The van der Waals surface area contributed by atoms with Gasteiger partial charge in [0.2, 0.25) is 10.0 Å². The number of fused-ring (bicyclic) bond motifs is 1. The third kappa shape index (κ3) is 7.04. The van der Waals surface area contributed by atoms with Crippen LogP contribution in [0.2, 0.25) is 5.02 Å². The molecular weight excluding hydrogens is 567 g/mol. The summed E-state index contributed by atoms with van der Waals surface area (Å²) >= 11 is 7.57. The van der Waals surface area contributed by atoms with E-state index in [0.29, 0.717) is 42.0 Å². The minimum absolute atomic E-state index is 0. The van der Waals surface area contributed by atoms with Crippen LogP contribution in [0.5, 0.6) is 0 Å². The third-order valence-electron chi connectivity index (χ3n) is 6.64. The van der Waals surface area contributed by atoms with Gasteiger partial charge in [0.25, 0.3) is 5.91 Å². The molecule has 0 saturated carbocycles. The Kier molecular flexibility index (Phi) is 10.9. The highest BCUT2D eigenvalue weighted by Gasteiger charge is 2.27. The molecule has 8 nitrogen and oxygen atoms in total. The van der Waals surface area contributed by atoms with Crippen molar-refractivity contribution in [3.8, 4) is 0 Å². The van der Waals surface area contributed by atoms with Gasteiger partial charge < -0.3 is 9.64 Å². The molecule has 1 unspecified atom stereocenters. The first-order chi connectivity index (χ1) is 17.7. The average Bonchev–Trinajstić information content (AvgIpc) is 3.56. The topological polar surface area (TPSA) is 83.1 Å². The molecular formula is C26H34Cl2N4O4S2. The van der Waals surface area contributed by atoms with Crippen LogP contribution < -0.4 is 4.90 Å². The number of sulfonamides is 1. The Morgan fingerprint density at radius 2 is 1.84 bits per heavy atom. The van der Waals surface area contributed by atoms with Gasteiger partial charge in [-0.25, -0.2) is 13.4 Å². The van der Waals surface area contributed by atoms with Gasteiger partial charge in [-0.3, -0.25) is 9.69 Å². The van der Waals surface area contributed by atoms with Crippen LogP contribution in [-0.2, 0) is 14.8 Å². The van der Waals surface area contributed by atoms with Crippen molar-refractivity contribution in [2.45, 2.75) is 37.7 Å².